The van der Waals surface area contributed by atoms with Gasteiger partial charge in [0.2, 0.25) is 11.8 Å². The van der Waals surface area contributed by atoms with Crippen LogP contribution in [-0.2, 0) is 54.3 Å². The van der Waals surface area contributed by atoms with Crippen molar-refractivity contribution in [2.24, 2.45) is 10.8 Å². The molecule has 0 aliphatic heterocycles. The van der Waals surface area contributed by atoms with Crippen LogP contribution in [0.25, 0.3) is 0 Å². The topological polar surface area (TPSA) is 169 Å². The lowest BCUT2D eigenvalue weighted by Crippen LogP contribution is -2.54. The molecule has 0 saturated heterocycles. The summed E-state index contributed by atoms with van der Waals surface area (Å²) < 4.78 is 11.0. The van der Waals surface area contributed by atoms with Crippen LogP contribution < -0.4 is 21.3 Å². The number of benzene rings is 1. The van der Waals surface area contributed by atoms with Gasteiger partial charge in [-0.2, -0.15) is 0 Å². The van der Waals surface area contributed by atoms with Gasteiger partial charge in [0.15, 0.2) is 10.8 Å². The molecule has 1 aromatic rings. The Morgan fingerprint density at radius 2 is 0.720 bits per heavy atom. The largest absolute Gasteiger partial charge is 0.465 e. The Balaban J connectivity index is 2.51. The molecule has 0 spiro atoms. The highest BCUT2D eigenvalue weighted by atomic mass is 16.5. The maximum absolute atomic E-state index is 14.5. The van der Waals surface area contributed by atoms with Gasteiger partial charge in [-0.3, -0.25) is 28.8 Å². The van der Waals surface area contributed by atoms with Gasteiger partial charge in [-0.15, -0.1) is 0 Å². The minimum atomic E-state index is -1.80. The van der Waals surface area contributed by atoms with Crippen molar-refractivity contribution in [3.8, 4) is 0 Å². The molecule has 0 atom stereocenters. The summed E-state index contributed by atoms with van der Waals surface area (Å²) in [4.78, 5) is 85.2. The number of esters is 2. The fraction of sp³-hybridized carbons (Fsp3) is 0.684. The van der Waals surface area contributed by atoms with E-state index < -0.39 is 68.6 Å². The zero-order valence-electron chi connectivity index (χ0n) is 32.5. The van der Waals surface area contributed by atoms with Crippen molar-refractivity contribution in [1.82, 2.24) is 21.3 Å². The third-order valence-corrected chi connectivity index (χ3v) is 8.46. The molecule has 2 aliphatic rings. The Kier molecular flexibility index (Phi) is 11.0. The predicted octanol–water partition coefficient (Wildman–Crippen LogP) is 3.87. The molecule has 278 valence electrons. The number of hydrogen-bond acceptors (Lipinski definition) is 8. The van der Waals surface area contributed by atoms with Gasteiger partial charge in [0, 0.05) is 33.3 Å². The van der Waals surface area contributed by atoms with Crippen LogP contribution in [-0.4, -0.2) is 70.9 Å². The van der Waals surface area contributed by atoms with E-state index in [4.69, 9.17) is 9.47 Å². The Hall–Kier alpha value is -3.96. The standard InChI is InChI=1S/C38H58N4O8/c1-15-49-31(47)37(29(45)41-35(9,10)11)17-21-22(18-37)26(28(44)40-34(6,7)8)24-20-38(32(48)50-16-2,30(46)42-36(12,13)14)19-23(24)25(21)27(43)39-33(3,4)5/h15-20H2,1-14H3,(H,39,43)(H,40,44)(H,41,45)(H,42,46). The van der Waals surface area contributed by atoms with Gasteiger partial charge in [-0.05, 0) is 145 Å². The summed E-state index contributed by atoms with van der Waals surface area (Å²) in [5.74, 6) is -3.75. The van der Waals surface area contributed by atoms with Crippen LogP contribution in [0.5, 0.6) is 0 Å². The average Bonchev–Trinajstić information content (AvgIpc) is 3.49. The monoisotopic (exact) mass is 698 g/mol. The fourth-order valence-electron chi connectivity index (χ4n) is 6.69. The second-order valence-corrected chi connectivity index (χ2v) is 17.8. The molecule has 1 aromatic carbocycles. The van der Waals surface area contributed by atoms with Gasteiger partial charge < -0.3 is 30.7 Å². The van der Waals surface area contributed by atoms with Gasteiger partial charge in [0.1, 0.15) is 0 Å². The molecule has 0 fully saturated rings. The molecule has 0 radical (unpaired) electrons. The van der Waals surface area contributed by atoms with Gasteiger partial charge >= 0.3 is 11.9 Å². The van der Waals surface area contributed by atoms with E-state index in [1.165, 1.54) is 0 Å². The zero-order valence-corrected chi connectivity index (χ0v) is 32.5. The minimum absolute atomic E-state index is 0.00983. The van der Waals surface area contributed by atoms with Crippen molar-refractivity contribution in [3.05, 3.63) is 33.4 Å². The molecular weight excluding hydrogens is 640 g/mol. The SMILES string of the molecule is CCOC(=O)C1(C(=O)NC(C)(C)C)Cc2c(c(C(=O)NC(C)(C)C)c3c(c2C(=O)NC(C)(C)C)CC(C(=O)NC(C)(C)C)(C(=O)OCC)C3)C1. The number of rotatable bonds is 8. The number of ether oxygens (including phenoxy) is 2. The molecule has 50 heavy (non-hydrogen) atoms. The Labute approximate surface area is 296 Å². The van der Waals surface area contributed by atoms with Crippen LogP contribution in [0.3, 0.4) is 0 Å². The van der Waals surface area contributed by atoms with E-state index >= 15 is 0 Å². The van der Waals surface area contributed by atoms with Crippen molar-refractivity contribution in [2.75, 3.05) is 13.2 Å². The molecule has 0 aromatic heterocycles. The molecule has 12 nitrogen and oxygen atoms in total. The number of carbonyl (C=O) groups is 6. The molecule has 0 heterocycles. The van der Waals surface area contributed by atoms with Crippen molar-refractivity contribution in [1.29, 1.82) is 0 Å². The average molecular weight is 699 g/mol. The summed E-state index contributed by atoms with van der Waals surface area (Å²) in [6.45, 7) is 25.0. The normalized spacial score (nSPS) is 16.4. The third kappa shape index (κ3) is 8.49. The molecule has 4 N–H and O–H groups in total. The van der Waals surface area contributed by atoms with Crippen LogP contribution in [0.2, 0.25) is 0 Å². The van der Waals surface area contributed by atoms with E-state index in [2.05, 4.69) is 21.3 Å². The smallest absolute Gasteiger partial charge is 0.322 e. The number of fused-ring (bicyclic) bond motifs is 2. The minimum Gasteiger partial charge on any atom is -0.465 e. The Morgan fingerprint density at radius 3 is 0.920 bits per heavy atom. The first-order chi connectivity index (χ1) is 22.6. The van der Waals surface area contributed by atoms with Crippen molar-refractivity contribution < 1.29 is 38.2 Å². The van der Waals surface area contributed by atoms with E-state index in [-0.39, 0.29) is 50.0 Å². The highest BCUT2D eigenvalue weighted by Crippen LogP contribution is 2.50. The molecule has 3 rings (SSSR count). The number of carbonyl (C=O) groups excluding carboxylic acids is 6. The number of amides is 4. The van der Waals surface area contributed by atoms with E-state index in [0.717, 1.165) is 0 Å². The number of hydrogen-bond donors (Lipinski definition) is 4. The summed E-state index contributed by atoms with van der Waals surface area (Å²) in [5.41, 5.74) is -4.84. The first-order valence-electron chi connectivity index (χ1n) is 17.5. The molecular formula is C38H58N4O8. The molecule has 2 aliphatic carbocycles. The number of nitrogens with one attached hydrogen (secondary N) is 4. The fourth-order valence-corrected chi connectivity index (χ4v) is 6.69. The van der Waals surface area contributed by atoms with Gasteiger partial charge in [0.25, 0.3) is 11.8 Å². The third-order valence-electron chi connectivity index (χ3n) is 8.46. The van der Waals surface area contributed by atoms with Crippen LogP contribution in [0.1, 0.15) is 140 Å². The summed E-state index contributed by atoms with van der Waals surface area (Å²) in [5, 5.41) is 11.9. The maximum atomic E-state index is 14.5. The first-order valence-corrected chi connectivity index (χ1v) is 17.5. The van der Waals surface area contributed by atoms with Crippen LogP contribution in [0.15, 0.2) is 0 Å². The van der Waals surface area contributed by atoms with Crippen molar-refractivity contribution in [2.45, 2.75) is 145 Å². The van der Waals surface area contributed by atoms with Crippen LogP contribution in [0, 0.1) is 10.8 Å². The quantitative estimate of drug-likeness (QED) is 0.234. The highest BCUT2D eigenvalue weighted by Gasteiger charge is 2.59. The zero-order chi connectivity index (χ0) is 38.4. The first kappa shape index (κ1) is 40.5. The summed E-state index contributed by atoms with van der Waals surface area (Å²) in [6.07, 6.45) is -0.946. The molecule has 12 heteroatoms. The molecule has 0 saturated carbocycles. The molecule has 0 unspecified atom stereocenters. The van der Waals surface area contributed by atoms with Gasteiger partial charge in [0.05, 0.1) is 13.2 Å². The van der Waals surface area contributed by atoms with Gasteiger partial charge in [-0.25, -0.2) is 0 Å². The van der Waals surface area contributed by atoms with Crippen LogP contribution in [0.4, 0.5) is 0 Å². The molecule has 4 amide bonds. The predicted molar refractivity (Wildman–Crippen MR) is 190 cm³/mol. The lowest BCUT2D eigenvalue weighted by molar-refractivity contribution is -0.162. The molecule has 0 bridgehead atoms. The summed E-state index contributed by atoms with van der Waals surface area (Å²) in [6, 6.07) is 0. The van der Waals surface area contributed by atoms with E-state index in [1.807, 2.05) is 41.5 Å². The van der Waals surface area contributed by atoms with Crippen LogP contribution >= 0.6 is 0 Å². The van der Waals surface area contributed by atoms with E-state index in [9.17, 15) is 28.8 Å². The Bertz CT molecular complexity index is 1430. The lowest BCUT2D eigenvalue weighted by atomic mass is 9.80. The lowest BCUT2D eigenvalue weighted by Gasteiger charge is -2.31. The summed E-state index contributed by atoms with van der Waals surface area (Å²) in [7, 11) is 0. The summed E-state index contributed by atoms with van der Waals surface area (Å²) >= 11 is 0. The van der Waals surface area contributed by atoms with E-state index in [1.54, 1.807) is 55.4 Å². The second kappa shape index (κ2) is 13.6. The highest BCUT2D eigenvalue weighted by molar-refractivity contribution is 6.11. The Morgan fingerprint density at radius 1 is 0.480 bits per heavy atom. The maximum Gasteiger partial charge on any atom is 0.322 e. The van der Waals surface area contributed by atoms with Crippen molar-refractivity contribution >= 4 is 35.6 Å². The van der Waals surface area contributed by atoms with Gasteiger partial charge in [-0.1, -0.05) is 0 Å². The van der Waals surface area contributed by atoms with E-state index in [0.29, 0.717) is 22.3 Å². The van der Waals surface area contributed by atoms with Crippen molar-refractivity contribution in [3.63, 3.8) is 0 Å². The second-order valence-electron chi connectivity index (χ2n) is 17.8.